The second kappa shape index (κ2) is 9.19. The summed E-state index contributed by atoms with van der Waals surface area (Å²) in [5, 5.41) is 0. The Bertz CT molecular complexity index is 1030. The van der Waals surface area contributed by atoms with Crippen molar-refractivity contribution in [3.63, 3.8) is 0 Å². The van der Waals surface area contributed by atoms with Crippen LogP contribution in [-0.2, 0) is 0 Å². The van der Waals surface area contributed by atoms with Crippen molar-refractivity contribution in [3.8, 4) is 0 Å². The number of alkyl halides is 4. The first kappa shape index (κ1) is 23.9. The smallest absolute Gasteiger partial charge is 0.242 e. The third kappa shape index (κ3) is 4.99. The SMILES string of the molecule is CC1CCC(C2=CC=C(c3ccc(C4=CC(F)=C(C(C)(F)F)C(F)C4)c(F)c3)C(F)C2)CC1. The van der Waals surface area contributed by atoms with Gasteiger partial charge in [0.1, 0.15) is 24.0 Å². The first-order chi connectivity index (χ1) is 15.5. The van der Waals surface area contributed by atoms with E-state index in [1.165, 1.54) is 12.1 Å². The van der Waals surface area contributed by atoms with E-state index in [2.05, 4.69) is 6.92 Å². The Kier molecular flexibility index (Phi) is 6.66. The second-order valence-electron chi connectivity index (χ2n) is 9.68. The molecule has 0 spiro atoms. The van der Waals surface area contributed by atoms with Crippen molar-refractivity contribution in [2.45, 2.75) is 70.6 Å². The maximum Gasteiger partial charge on any atom is 0.272 e. The van der Waals surface area contributed by atoms with Gasteiger partial charge in [0.2, 0.25) is 0 Å². The van der Waals surface area contributed by atoms with E-state index in [1.807, 2.05) is 6.08 Å². The molecule has 0 aliphatic heterocycles. The fourth-order valence-electron chi connectivity index (χ4n) is 5.26. The van der Waals surface area contributed by atoms with Crippen LogP contribution in [0.1, 0.15) is 63.5 Å². The maximum atomic E-state index is 15.0. The van der Waals surface area contributed by atoms with Gasteiger partial charge in [-0.2, -0.15) is 0 Å². The molecule has 0 nitrogen and oxygen atoms in total. The zero-order valence-corrected chi connectivity index (χ0v) is 18.8. The van der Waals surface area contributed by atoms with Crippen LogP contribution < -0.4 is 0 Å². The summed E-state index contributed by atoms with van der Waals surface area (Å²) in [6.07, 6.45) is 5.05. The molecule has 3 aliphatic rings. The van der Waals surface area contributed by atoms with E-state index in [0.717, 1.165) is 43.4 Å². The van der Waals surface area contributed by atoms with Crippen molar-refractivity contribution in [3.05, 3.63) is 70.3 Å². The lowest BCUT2D eigenvalue weighted by atomic mass is 9.76. The number of halogens is 6. The van der Waals surface area contributed by atoms with Crippen LogP contribution in [0.3, 0.4) is 0 Å². The Labute approximate surface area is 190 Å². The number of allylic oxidation sites excluding steroid dienone is 8. The summed E-state index contributed by atoms with van der Waals surface area (Å²) in [7, 11) is 0. The van der Waals surface area contributed by atoms with Crippen LogP contribution in [-0.4, -0.2) is 18.3 Å². The molecule has 2 atom stereocenters. The standard InChI is InChI=1S/C27H28F6/c1-15-3-5-16(6-4-15)17-7-9-20(22(28)11-17)18-8-10-21(23(29)12-18)19-13-24(30)26(25(31)14-19)27(2,32)33/h7-10,12-13,15-16,22,25H,3-6,11,14H2,1-2H3. The van der Waals surface area contributed by atoms with Gasteiger partial charge < -0.3 is 0 Å². The summed E-state index contributed by atoms with van der Waals surface area (Å²) in [5.41, 5.74) is 0.498. The molecular formula is C27H28F6. The molecule has 1 aromatic rings. The quantitative estimate of drug-likeness (QED) is 0.389. The van der Waals surface area contributed by atoms with E-state index in [-0.39, 0.29) is 17.6 Å². The molecule has 6 heteroatoms. The van der Waals surface area contributed by atoms with Crippen molar-refractivity contribution in [2.75, 3.05) is 0 Å². The molecule has 33 heavy (non-hydrogen) atoms. The molecule has 0 saturated heterocycles. The Balaban J connectivity index is 1.58. The van der Waals surface area contributed by atoms with Crippen LogP contribution in [0, 0.1) is 17.7 Å². The Hall–Kier alpha value is -2.24. The third-order valence-corrected chi connectivity index (χ3v) is 7.16. The van der Waals surface area contributed by atoms with Gasteiger partial charge in [-0.15, -0.1) is 0 Å². The van der Waals surface area contributed by atoms with Crippen molar-refractivity contribution >= 4 is 11.1 Å². The normalized spacial score (nSPS) is 28.9. The highest BCUT2D eigenvalue weighted by atomic mass is 19.3. The first-order valence-electron chi connectivity index (χ1n) is 11.5. The topological polar surface area (TPSA) is 0 Å². The minimum Gasteiger partial charge on any atom is -0.242 e. The summed E-state index contributed by atoms with van der Waals surface area (Å²) in [5.74, 6) is -4.69. The van der Waals surface area contributed by atoms with Gasteiger partial charge in [0.05, 0.1) is 5.57 Å². The molecule has 1 aromatic carbocycles. The Morgan fingerprint density at radius 1 is 0.909 bits per heavy atom. The predicted octanol–water partition coefficient (Wildman–Crippen LogP) is 8.71. The lowest BCUT2D eigenvalue weighted by Crippen LogP contribution is -2.26. The van der Waals surface area contributed by atoms with E-state index >= 15 is 4.39 Å². The van der Waals surface area contributed by atoms with Gasteiger partial charge >= 0.3 is 0 Å². The monoisotopic (exact) mass is 466 g/mol. The van der Waals surface area contributed by atoms with Gasteiger partial charge in [0.15, 0.2) is 0 Å². The Morgan fingerprint density at radius 2 is 1.61 bits per heavy atom. The van der Waals surface area contributed by atoms with Crippen molar-refractivity contribution < 1.29 is 26.3 Å². The fourth-order valence-corrected chi connectivity index (χ4v) is 5.26. The zero-order chi connectivity index (χ0) is 23.9. The second-order valence-corrected chi connectivity index (χ2v) is 9.68. The summed E-state index contributed by atoms with van der Waals surface area (Å²) in [6, 6.07) is 3.99. The van der Waals surface area contributed by atoms with Crippen LogP contribution in [0.25, 0.3) is 11.1 Å². The highest BCUT2D eigenvalue weighted by Crippen LogP contribution is 2.42. The molecule has 0 bridgehead atoms. The van der Waals surface area contributed by atoms with Gasteiger partial charge in [-0.3, -0.25) is 0 Å². The maximum absolute atomic E-state index is 15.0. The molecule has 0 radical (unpaired) electrons. The van der Waals surface area contributed by atoms with Crippen molar-refractivity contribution in [1.29, 1.82) is 0 Å². The third-order valence-electron chi connectivity index (χ3n) is 7.16. The van der Waals surface area contributed by atoms with Crippen LogP contribution in [0.15, 0.2) is 53.4 Å². The number of rotatable bonds is 4. The molecule has 1 saturated carbocycles. The summed E-state index contributed by atoms with van der Waals surface area (Å²) >= 11 is 0. The van der Waals surface area contributed by atoms with Crippen LogP contribution in [0.2, 0.25) is 0 Å². The molecule has 178 valence electrons. The number of hydrogen-bond donors (Lipinski definition) is 0. The zero-order valence-electron chi connectivity index (χ0n) is 18.8. The van der Waals surface area contributed by atoms with Crippen molar-refractivity contribution in [1.82, 2.24) is 0 Å². The molecule has 3 aliphatic carbocycles. The van der Waals surface area contributed by atoms with Crippen LogP contribution in [0.5, 0.6) is 0 Å². The summed E-state index contributed by atoms with van der Waals surface area (Å²) in [6.45, 7) is 2.67. The van der Waals surface area contributed by atoms with Crippen LogP contribution in [0.4, 0.5) is 26.3 Å². The number of benzene rings is 1. The summed E-state index contributed by atoms with van der Waals surface area (Å²) < 4.78 is 85.4. The first-order valence-corrected chi connectivity index (χ1v) is 11.5. The lowest BCUT2D eigenvalue weighted by Gasteiger charge is -2.31. The van der Waals surface area contributed by atoms with Crippen molar-refractivity contribution in [2.24, 2.45) is 11.8 Å². The molecular weight excluding hydrogens is 438 g/mol. The van der Waals surface area contributed by atoms with Gasteiger partial charge in [-0.05, 0) is 53.5 Å². The van der Waals surface area contributed by atoms with Gasteiger partial charge in [-0.25, -0.2) is 26.3 Å². The highest BCUT2D eigenvalue weighted by Gasteiger charge is 2.40. The van der Waals surface area contributed by atoms with Gasteiger partial charge in [-0.1, -0.05) is 49.6 Å². The minimum atomic E-state index is -3.64. The van der Waals surface area contributed by atoms with E-state index in [1.54, 1.807) is 6.08 Å². The van der Waals surface area contributed by atoms with E-state index in [0.29, 0.717) is 29.9 Å². The van der Waals surface area contributed by atoms with Gasteiger partial charge in [0, 0.05) is 25.3 Å². The molecule has 2 unspecified atom stereocenters. The van der Waals surface area contributed by atoms with E-state index in [4.69, 9.17) is 0 Å². The number of hydrogen-bond acceptors (Lipinski definition) is 0. The molecule has 0 amide bonds. The largest absolute Gasteiger partial charge is 0.272 e. The lowest BCUT2D eigenvalue weighted by molar-refractivity contribution is 0.0440. The molecule has 0 heterocycles. The van der Waals surface area contributed by atoms with Gasteiger partial charge in [0.25, 0.3) is 5.92 Å². The van der Waals surface area contributed by atoms with E-state index in [9.17, 15) is 22.0 Å². The Morgan fingerprint density at radius 3 is 2.18 bits per heavy atom. The average Bonchev–Trinajstić information content (AvgIpc) is 2.72. The molecule has 0 aromatic heterocycles. The van der Waals surface area contributed by atoms with Crippen LogP contribution >= 0.6 is 0 Å². The fraction of sp³-hybridized carbons (Fsp3) is 0.481. The van der Waals surface area contributed by atoms with E-state index < -0.39 is 41.9 Å². The minimum absolute atomic E-state index is 0.0415. The highest BCUT2D eigenvalue weighted by molar-refractivity contribution is 5.76. The molecule has 4 rings (SSSR count). The molecule has 0 N–H and O–H groups in total. The average molecular weight is 467 g/mol. The predicted molar refractivity (Wildman–Crippen MR) is 119 cm³/mol. The molecule has 1 fully saturated rings. The summed E-state index contributed by atoms with van der Waals surface area (Å²) in [4.78, 5) is 0.